The zero-order chi connectivity index (χ0) is 11.5. The molecule has 0 saturated carbocycles. The van der Waals surface area contributed by atoms with E-state index in [4.69, 9.17) is 4.74 Å². The molecule has 6 heteroatoms. The van der Waals surface area contributed by atoms with Crippen LogP contribution in [0.4, 0.5) is 4.39 Å². The molecule has 0 fully saturated rings. The van der Waals surface area contributed by atoms with Gasteiger partial charge >= 0.3 is 0 Å². The number of ether oxygens (including phenoxy) is 1. The smallest absolute Gasteiger partial charge is 0.255 e. The Hall–Kier alpha value is -1.53. The molecular weight excluding hydrogens is 231 g/mol. The predicted octanol–water partition coefficient (Wildman–Crippen LogP) is 1.77. The molecule has 0 radical (unpaired) electrons. The van der Waals surface area contributed by atoms with Gasteiger partial charge in [-0.2, -0.15) is 0 Å². The third-order valence-corrected chi connectivity index (χ3v) is 2.80. The molecule has 0 unspecified atom stereocenters. The first-order valence-corrected chi connectivity index (χ1v) is 5.40. The van der Waals surface area contributed by atoms with Crippen molar-refractivity contribution in [3.8, 4) is 0 Å². The Morgan fingerprint density at radius 3 is 3.19 bits per heavy atom. The van der Waals surface area contributed by atoms with Gasteiger partial charge in [-0.3, -0.25) is 4.79 Å². The van der Waals surface area contributed by atoms with E-state index in [1.54, 1.807) is 5.51 Å². The van der Waals surface area contributed by atoms with E-state index in [1.165, 1.54) is 30.6 Å². The molecule has 1 amide bonds. The van der Waals surface area contributed by atoms with Crippen molar-refractivity contribution in [1.29, 1.82) is 0 Å². The number of methoxy groups -OCH3 is 1. The number of aromatic nitrogens is 1. The predicted molar refractivity (Wildman–Crippen MR) is 58.9 cm³/mol. The van der Waals surface area contributed by atoms with Crippen molar-refractivity contribution in [3.63, 3.8) is 0 Å². The number of nitrogens with zero attached hydrogens (tertiary/aromatic N) is 1. The van der Waals surface area contributed by atoms with Crippen molar-refractivity contribution in [2.24, 2.45) is 0 Å². The van der Waals surface area contributed by atoms with Gasteiger partial charge in [0.2, 0.25) is 0 Å². The third kappa shape index (κ3) is 2.02. The van der Waals surface area contributed by atoms with Crippen LogP contribution in [0, 0.1) is 5.82 Å². The quantitative estimate of drug-likeness (QED) is 0.832. The molecule has 2 aromatic rings. The lowest BCUT2D eigenvalue weighted by Gasteiger charge is -2.04. The molecule has 4 nitrogen and oxygen atoms in total. The number of fused-ring (bicyclic) bond motifs is 1. The fourth-order valence-electron chi connectivity index (χ4n) is 1.34. The molecule has 0 spiro atoms. The average molecular weight is 240 g/mol. The molecule has 0 atom stereocenters. The second-order valence-corrected chi connectivity index (χ2v) is 3.98. The van der Waals surface area contributed by atoms with Gasteiger partial charge < -0.3 is 10.1 Å². The van der Waals surface area contributed by atoms with E-state index in [1.807, 2.05) is 0 Å². The molecule has 1 aromatic heterocycles. The topological polar surface area (TPSA) is 51.2 Å². The molecular formula is C10H9FN2O2S. The number of hydrogen-bond donors (Lipinski definition) is 1. The summed E-state index contributed by atoms with van der Waals surface area (Å²) in [7, 11) is 1.46. The maximum absolute atomic E-state index is 13.2. The number of rotatable bonds is 3. The highest BCUT2D eigenvalue weighted by atomic mass is 32.1. The number of carbonyl (C=O) groups is 1. The molecule has 1 aromatic carbocycles. The Balaban J connectivity index is 2.42. The summed E-state index contributed by atoms with van der Waals surface area (Å²) in [6.45, 7) is 0.0843. The lowest BCUT2D eigenvalue weighted by atomic mass is 10.2. The van der Waals surface area contributed by atoms with Crippen molar-refractivity contribution in [1.82, 2.24) is 10.3 Å². The lowest BCUT2D eigenvalue weighted by Crippen LogP contribution is -2.25. The minimum absolute atomic E-state index is 0.0843. The highest BCUT2D eigenvalue weighted by Gasteiger charge is 2.13. The molecule has 1 heterocycles. The number of hydrogen-bond acceptors (Lipinski definition) is 4. The number of carbonyl (C=O) groups excluding carboxylic acids is 1. The van der Waals surface area contributed by atoms with Crippen molar-refractivity contribution in [2.45, 2.75) is 0 Å². The van der Waals surface area contributed by atoms with Crippen LogP contribution in [0.2, 0.25) is 0 Å². The molecule has 0 bridgehead atoms. The Bertz CT molecular complexity index is 527. The van der Waals surface area contributed by atoms with Crippen LogP contribution in [-0.4, -0.2) is 24.7 Å². The van der Waals surface area contributed by atoms with E-state index >= 15 is 0 Å². The van der Waals surface area contributed by atoms with Gasteiger partial charge in [0, 0.05) is 7.11 Å². The van der Waals surface area contributed by atoms with E-state index in [2.05, 4.69) is 10.3 Å². The third-order valence-electron chi connectivity index (χ3n) is 2.02. The maximum Gasteiger partial charge on any atom is 0.255 e. The first-order chi connectivity index (χ1) is 7.72. The van der Waals surface area contributed by atoms with Crippen molar-refractivity contribution < 1.29 is 13.9 Å². The first kappa shape index (κ1) is 11.0. The van der Waals surface area contributed by atoms with Crippen LogP contribution in [0.3, 0.4) is 0 Å². The van der Waals surface area contributed by atoms with Crippen LogP contribution in [0.1, 0.15) is 10.4 Å². The van der Waals surface area contributed by atoms with E-state index in [0.29, 0.717) is 10.2 Å². The fourth-order valence-corrected chi connectivity index (χ4v) is 2.07. The summed E-state index contributed by atoms with van der Waals surface area (Å²) < 4.78 is 18.6. The van der Waals surface area contributed by atoms with Gasteiger partial charge in [-0.25, -0.2) is 9.37 Å². The van der Waals surface area contributed by atoms with E-state index < -0.39 is 11.7 Å². The van der Waals surface area contributed by atoms with Gasteiger partial charge in [0.1, 0.15) is 12.5 Å². The largest absolute Gasteiger partial charge is 0.364 e. The standard InChI is InChI=1S/C10H9FN2O2S/c1-15-4-12-10(14)7-2-6(11)3-8-9(7)13-5-16-8/h2-3,5H,4H2,1H3,(H,12,14). The number of benzene rings is 1. The highest BCUT2D eigenvalue weighted by molar-refractivity contribution is 7.16. The lowest BCUT2D eigenvalue weighted by molar-refractivity contribution is 0.0873. The summed E-state index contributed by atoms with van der Waals surface area (Å²) >= 11 is 1.29. The van der Waals surface area contributed by atoms with Crippen molar-refractivity contribution >= 4 is 27.5 Å². The maximum atomic E-state index is 13.2. The Kier molecular flexibility index (Phi) is 3.12. The molecule has 0 aliphatic heterocycles. The Morgan fingerprint density at radius 2 is 2.44 bits per heavy atom. The van der Waals surface area contributed by atoms with E-state index in [0.717, 1.165) is 0 Å². The van der Waals surface area contributed by atoms with Gasteiger partial charge in [0.15, 0.2) is 0 Å². The summed E-state index contributed by atoms with van der Waals surface area (Å²) in [4.78, 5) is 15.7. The molecule has 1 N–H and O–H groups in total. The van der Waals surface area contributed by atoms with Crippen molar-refractivity contribution in [2.75, 3.05) is 13.8 Å². The van der Waals surface area contributed by atoms with Crippen LogP contribution < -0.4 is 5.32 Å². The molecule has 0 aliphatic rings. The van der Waals surface area contributed by atoms with Crippen LogP contribution in [0.15, 0.2) is 17.6 Å². The van der Waals surface area contributed by atoms with E-state index in [9.17, 15) is 9.18 Å². The zero-order valence-electron chi connectivity index (χ0n) is 8.49. The zero-order valence-corrected chi connectivity index (χ0v) is 9.31. The van der Waals surface area contributed by atoms with Gasteiger partial charge in [0.25, 0.3) is 5.91 Å². The molecule has 2 rings (SSSR count). The molecule has 16 heavy (non-hydrogen) atoms. The summed E-state index contributed by atoms with van der Waals surface area (Å²) in [5, 5.41) is 2.49. The van der Waals surface area contributed by atoms with Crippen LogP contribution in [0.25, 0.3) is 10.2 Å². The van der Waals surface area contributed by atoms with Gasteiger partial charge in [-0.05, 0) is 12.1 Å². The number of nitrogens with one attached hydrogen (secondary N) is 1. The summed E-state index contributed by atoms with van der Waals surface area (Å²) in [5.74, 6) is -0.837. The number of halogens is 1. The highest BCUT2D eigenvalue weighted by Crippen LogP contribution is 2.22. The van der Waals surface area contributed by atoms with Crippen LogP contribution in [-0.2, 0) is 4.74 Å². The van der Waals surface area contributed by atoms with Crippen LogP contribution >= 0.6 is 11.3 Å². The molecule has 84 valence electrons. The molecule has 0 aliphatic carbocycles. The fraction of sp³-hybridized carbons (Fsp3) is 0.200. The van der Waals surface area contributed by atoms with Gasteiger partial charge in [0.05, 0.1) is 21.3 Å². The van der Waals surface area contributed by atoms with E-state index in [-0.39, 0.29) is 12.3 Å². The second kappa shape index (κ2) is 4.54. The normalized spacial score (nSPS) is 10.6. The average Bonchev–Trinajstić information content (AvgIpc) is 2.72. The van der Waals surface area contributed by atoms with Crippen molar-refractivity contribution in [3.05, 3.63) is 29.0 Å². The summed E-state index contributed by atoms with van der Waals surface area (Å²) in [6, 6.07) is 2.53. The minimum Gasteiger partial charge on any atom is -0.364 e. The first-order valence-electron chi connectivity index (χ1n) is 4.52. The minimum atomic E-state index is -0.445. The van der Waals surface area contributed by atoms with Crippen LogP contribution in [0.5, 0.6) is 0 Å². The Labute approximate surface area is 95.1 Å². The number of thiazole rings is 1. The number of amides is 1. The second-order valence-electron chi connectivity index (χ2n) is 3.09. The SMILES string of the molecule is COCNC(=O)c1cc(F)cc2scnc12. The van der Waals surface area contributed by atoms with Gasteiger partial charge in [-0.15, -0.1) is 11.3 Å². The Morgan fingerprint density at radius 1 is 1.62 bits per heavy atom. The van der Waals surface area contributed by atoms with Gasteiger partial charge in [-0.1, -0.05) is 0 Å². The molecule has 0 saturated heterocycles. The summed E-state index contributed by atoms with van der Waals surface area (Å²) in [5.41, 5.74) is 2.32. The monoisotopic (exact) mass is 240 g/mol. The summed E-state index contributed by atoms with van der Waals surface area (Å²) in [6.07, 6.45) is 0.